The third-order valence-corrected chi connectivity index (χ3v) is 9.53. The highest BCUT2D eigenvalue weighted by Crippen LogP contribution is 2.34. The Hall–Kier alpha value is -6.26. The van der Waals surface area contributed by atoms with Gasteiger partial charge in [0.1, 0.15) is 0 Å². The third-order valence-electron chi connectivity index (χ3n) is 9.53. The van der Waals surface area contributed by atoms with E-state index in [2.05, 4.69) is 190 Å². The van der Waals surface area contributed by atoms with Crippen molar-refractivity contribution in [3.63, 3.8) is 0 Å². The topological polar surface area (TPSA) is 55.8 Å². The van der Waals surface area contributed by atoms with Crippen LogP contribution in [-0.4, -0.2) is 22.4 Å². The van der Waals surface area contributed by atoms with E-state index < -0.39 is 0 Å². The zero-order chi connectivity index (χ0) is 31.9. The van der Waals surface area contributed by atoms with Crippen LogP contribution in [-0.2, 0) is 0 Å². The van der Waals surface area contributed by atoms with E-state index in [9.17, 15) is 0 Å². The van der Waals surface area contributed by atoms with Crippen molar-refractivity contribution < 1.29 is 9.98 Å². The number of benzene rings is 4. The number of fused-ring (bicyclic) bond motifs is 6. The van der Waals surface area contributed by atoms with Gasteiger partial charge in [-0.15, -0.1) is 0 Å². The van der Waals surface area contributed by atoms with Crippen molar-refractivity contribution in [1.82, 2.24) is 10.3 Å². The lowest BCUT2D eigenvalue weighted by molar-refractivity contribution is -0.387. The van der Waals surface area contributed by atoms with E-state index in [1.54, 1.807) is 0 Å². The largest absolute Gasteiger partial charge is 0.377 e. The molecule has 4 aliphatic rings. The molecule has 0 saturated heterocycles. The first kappa shape index (κ1) is 28.0. The number of hydrogen-bond donors (Lipinski definition) is 4. The number of nitrogens with one attached hydrogen (secondary N) is 4. The molecule has 228 valence electrons. The van der Waals surface area contributed by atoms with Crippen molar-refractivity contribution in [1.29, 1.82) is 0 Å². The van der Waals surface area contributed by atoms with E-state index in [0.717, 1.165) is 73.3 Å². The monoisotopic (exact) mass is 618 g/mol. The van der Waals surface area contributed by atoms with Gasteiger partial charge in [0.2, 0.25) is 17.1 Å². The number of allylic oxidation sites excluding steroid dienone is 6. The highest BCUT2D eigenvalue weighted by molar-refractivity contribution is 6.28. The Bertz CT molecular complexity index is 2280. The average molecular weight is 619 g/mol. The summed E-state index contributed by atoms with van der Waals surface area (Å²) in [5, 5.41) is 3.96. The number of rotatable bonds is 4. The molecule has 0 fully saturated rings. The molecule has 48 heavy (non-hydrogen) atoms. The minimum absolute atomic E-state index is 0.0404. The molecule has 4 aliphatic heterocycles. The quantitative estimate of drug-likeness (QED) is 0.213. The van der Waals surface area contributed by atoms with Crippen LogP contribution in [0.5, 0.6) is 0 Å². The fourth-order valence-electron chi connectivity index (χ4n) is 7.36. The lowest BCUT2D eigenvalue weighted by Crippen LogP contribution is -2.70. The van der Waals surface area contributed by atoms with Gasteiger partial charge in [0, 0.05) is 30.0 Å². The molecule has 4 aromatic carbocycles. The van der Waals surface area contributed by atoms with Gasteiger partial charge in [0.25, 0.3) is 0 Å². The van der Waals surface area contributed by atoms with Crippen LogP contribution in [0.1, 0.15) is 39.6 Å². The molecule has 4 N–H and O–H groups in total. The first-order valence-corrected chi connectivity index (χ1v) is 16.5. The van der Waals surface area contributed by atoms with Crippen LogP contribution in [0, 0.1) is 0 Å². The SMILES string of the molecule is C1=C/C2=C(\c3ccccc3)c3ccc([nH]3)/C(c3ccccc3)=C3/C=CC(=[NH+]3)C(c3ccccc3)C3C=C/C(=C(\c4ccccc4)C1=[NH+]2)N3. The van der Waals surface area contributed by atoms with Crippen molar-refractivity contribution in [2.75, 3.05) is 0 Å². The molecule has 5 heterocycles. The maximum Gasteiger partial charge on any atom is 0.214 e. The molecule has 0 spiro atoms. The van der Waals surface area contributed by atoms with Gasteiger partial charge in [-0.25, -0.2) is 9.98 Å². The van der Waals surface area contributed by atoms with E-state index >= 15 is 0 Å². The number of hydrogen-bond acceptors (Lipinski definition) is 1. The van der Waals surface area contributed by atoms with E-state index in [-0.39, 0.29) is 12.0 Å². The third kappa shape index (κ3) is 4.95. The minimum atomic E-state index is 0.0404. The molecule has 0 saturated carbocycles. The average Bonchev–Trinajstić information content (AvgIpc) is 3.98. The summed E-state index contributed by atoms with van der Waals surface area (Å²) in [7, 11) is 0. The van der Waals surface area contributed by atoms with Crippen LogP contribution in [0.2, 0.25) is 0 Å². The summed E-state index contributed by atoms with van der Waals surface area (Å²) in [5.41, 5.74) is 15.6. The molecule has 9 rings (SSSR count). The molecule has 4 nitrogen and oxygen atoms in total. The Morgan fingerprint density at radius 2 is 0.979 bits per heavy atom. The molecule has 1 aromatic heterocycles. The molecule has 5 aromatic rings. The normalized spacial score (nSPS) is 24.1. The fraction of sp³-hybridized carbons (Fsp3) is 0.0455. The van der Waals surface area contributed by atoms with Gasteiger partial charge in [-0.2, -0.15) is 0 Å². The molecule has 0 amide bonds. The lowest BCUT2D eigenvalue weighted by Gasteiger charge is -2.22. The maximum atomic E-state index is 3.96. The number of H-pyrrole nitrogens is 1. The summed E-state index contributed by atoms with van der Waals surface area (Å²) in [6, 6.07) is 47.2. The van der Waals surface area contributed by atoms with Gasteiger partial charge in [0.15, 0.2) is 5.71 Å². The Balaban J connectivity index is 1.33. The number of aromatic amines is 1. The summed E-state index contributed by atoms with van der Waals surface area (Å²) in [6.45, 7) is 0. The predicted molar refractivity (Wildman–Crippen MR) is 195 cm³/mol. The second kappa shape index (κ2) is 11.8. The van der Waals surface area contributed by atoms with Gasteiger partial charge in [-0.3, -0.25) is 0 Å². The summed E-state index contributed by atoms with van der Waals surface area (Å²) in [6.07, 6.45) is 13.5. The van der Waals surface area contributed by atoms with Crippen LogP contribution in [0.15, 0.2) is 187 Å². The Kier molecular flexibility index (Phi) is 6.90. The second-order valence-electron chi connectivity index (χ2n) is 12.5. The van der Waals surface area contributed by atoms with E-state index in [4.69, 9.17) is 0 Å². The summed E-state index contributed by atoms with van der Waals surface area (Å²) in [5.74, 6) is 0.0621. The van der Waals surface area contributed by atoms with Crippen LogP contribution >= 0.6 is 0 Å². The highest BCUT2D eigenvalue weighted by Gasteiger charge is 2.36. The van der Waals surface area contributed by atoms with Gasteiger partial charge >= 0.3 is 0 Å². The van der Waals surface area contributed by atoms with E-state index in [1.165, 1.54) is 5.56 Å². The minimum Gasteiger partial charge on any atom is -0.377 e. The summed E-state index contributed by atoms with van der Waals surface area (Å²) in [4.78, 5) is 11.6. The molecule has 0 aliphatic carbocycles. The van der Waals surface area contributed by atoms with Crippen LogP contribution in [0.3, 0.4) is 0 Å². The molecule has 8 bridgehead atoms. The van der Waals surface area contributed by atoms with Crippen molar-refractivity contribution in [2.45, 2.75) is 12.0 Å². The van der Waals surface area contributed by atoms with E-state index in [1.807, 2.05) is 0 Å². The standard InChI is InChI=1S/C44H32N4/c1-5-13-29(14-6-1)41-33-21-23-35(45-33)42(30-15-7-2-8-16-30)37-25-27-39(47-37)44(32-19-11-4-12-20-32)40-28-26-38(48-40)43(31-17-9-3-10-18-31)36-24-22-34(41)46-36/h1-28,33,41,45,48H/p+2/b42-35-,43-36-,44-39-. The summed E-state index contributed by atoms with van der Waals surface area (Å²) < 4.78 is 0. The first-order chi connectivity index (χ1) is 23.8. The maximum absolute atomic E-state index is 3.96. The van der Waals surface area contributed by atoms with Crippen LogP contribution < -0.4 is 15.3 Å². The van der Waals surface area contributed by atoms with Gasteiger partial charge in [0.05, 0.1) is 40.1 Å². The molecular formula is C44H34N4+2. The predicted octanol–water partition coefficient (Wildman–Crippen LogP) is 5.45. The van der Waals surface area contributed by atoms with Crippen LogP contribution in [0.25, 0.3) is 16.7 Å². The first-order valence-electron chi connectivity index (χ1n) is 16.5. The zero-order valence-electron chi connectivity index (χ0n) is 26.3. The molecule has 2 atom stereocenters. The highest BCUT2D eigenvalue weighted by atomic mass is 15.0. The van der Waals surface area contributed by atoms with Crippen LogP contribution in [0.4, 0.5) is 0 Å². The molecule has 0 radical (unpaired) electrons. The Morgan fingerprint density at radius 3 is 1.58 bits per heavy atom. The van der Waals surface area contributed by atoms with Crippen molar-refractivity contribution in [2.24, 2.45) is 0 Å². The zero-order valence-corrected chi connectivity index (χ0v) is 26.3. The Morgan fingerprint density at radius 1 is 0.458 bits per heavy atom. The van der Waals surface area contributed by atoms with Gasteiger partial charge < -0.3 is 10.3 Å². The van der Waals surface area contributed by atoms with Gasteiger partial charge in [-0.1, -0.05) is 127 Å². The lowest BCUT2D eigenvalue weighted by atomic mass is 9.87. The molecule has 4 heteroatoms. The second-order valence-corrected chi connectivity index (χ2v) is 12.5. The summed E-state index contributed by atoms with van der Waals surface area (Å²) >= 11 is 0. The van der Waals surface area contributed by atoms with Crippen molar-refractivity contribution in [3.8, 4) is 0 Å². The Labute approximate surface area is 280 Å². The molecule has 2 unspecified atom stereocenters. The molecular weight excluding hydrogens is 585 g/mol. The fourth-order valence-corrected chi connectivity index (χ4v) is 7.36. The van der Waals surface area contributed by atoms with Crippen molar-refractivity contribution in [3.05, 3.63) is 221 Å². The number of aromatic nitrogens is 1. The smallest absolute Gasteiger partial charge is 0.214 e. The van der Waals surface area contributed by atoms with Crippen molar-refractivity contribution >= 4 is 28.1 Å². The van der Waals surface area contributed by atoms with E-state index in [0.29, 0.717) is 0 Å². The van der Waals surface area contributed by atoms with Gasteiger partial charge in [-0.05, 0) is 40.5 Å².